The first-order valence-electron chi connectivity index (χ1n) is 13.9. The SMILES string of the molecule is O=C(CCCCCC(=O)c1ccc(O)cc1)NC(CN1C2CCC1CC2)C(O)c1ccc2c(c1)OCCO2. The van der Waals surface area contributed by atoms with Crippen LogP contribution >= 0.6 is 0 Å². The Balaban J connectivity index is 1.15. The zero-order valence-electron chi connectivity index (χ0n) is 21.8. The average Bonchev–Trinajstić information content (AvgIpc) is 3.51. The molecule has 8 heteroatoms. The third-order valence-corrected chi connectivity index (χ3v) is 8.14. The molecule has 8 nitrogen and oxygen atoms in total. The molecule has 1 amide bonds. The molecular formula is C30H38N2O6. The largest absolute Gasteiger partial charge is 0.508 e. The van der Waals surface area contributed by atoms with Gasteiger partial charge in [0.25, 0.3) is 0 Å². The number of rotatable bonds is 12. The molecule has 2 fully saturated rings. The summed E-state index contributed by atoms with van der Waals surface area (Å²) in [4.78, 5) is 27.7. The van der Waals surface area contributed by atoms with Crippen LogP contribution in [0.2, 0.25) is 0 Å². The van der Waals surface area contributed by atoms with E-state index >= 15 is 0 Å². The molecule has 0 spiro atoms. The first kappa shape index (κ1) is 26.5. The lowest BCUT2D eigenvalue weighted by atomic mass is 10.00. The summed E-state index contributed by atoms with van der Waals surface area (Å²) in [5.41, 5.74) is 1.30. The fourth-order valence-electron chi connectivity index (χ4n) is 6.06. The van der Waals surface area contributed by atoms with Gasteiger partial charge in [0.05, 0.1) is 6.04 Å². The second-order valence-electron chi connectivity index (χ2n) is 10.7. The van der Waals surface area contributed by atoms with Crippen LogP contribution in [0.1, 0.15) is 79.8 Å². The number of benzene rings is 2. The van der Waals surface area contributed by atoms with Gasteiger partial charge in [0.15, 0.2) is 17.3 Å². The Kier molecular flexibility index (Phi) is 8.49. The molecule has 2 aromatic rings. The summed E-state index contributed by atoms with van der Waals surface area (Å²) in [5.74, 6) is 1.40. The lowest BCUT2D eigenvalue weighted by molar-refractivity contribution is -0.123. The number of fused-ring (bicyclic) bond motifs is 3. The summed E-state index contributed by atoms with van der Waals surface area (Å²) in [5, 5.41) is 23.9. The summed E-state index contributed by atoms with van der Waals surface area (Å²) < 4.78 is 11.3. The topological polar surface area (TPSA) is 108 Å². The van der Waals surface area contributed by atoms with Crippen molar-refractivity contribution in [3.63, 3.8) is 0 Å². The minimum absolute atomic E-state index is 0.0392. The Morgan fingerprint density at radius 3 is 2.26 bits per heavy atom. The Morgan fingerprint density at radius 1 is 0.895 bits per heavy atom. The van der Waals surface area contributed by atoms with Gasteiger partial charge < -0.3 is 25.0 Å². The highest BCUT2D eigenvalue weighted by Crippen LogP contribution is 2.39. The summed E-state index contributed by atoms with van der Waals surface area (Å²) in [6.07, 6.45) is 6.80. The number of aromatic hydroxyl groups is 1. The first-order chi connectivity index (χ1) is 18.5. The fourth-order valence-corrected chi connectivity index (χ4v) is 6.06. The summed E-state index contributed by atoms with van der Waals surface area (Å²) in [7, 11) is 0. The van der Waals surface area contributed by atoms with Crippen molar-refractivity contribution in [3.8, 4) is 17.2 Å². The molecule has 204 valence electrons. The van der Waals surface area contributed by atoms with Crippen molar-refractivity contribution in [3.05, 3.63) is 53.6 Å². The van der Waals surface area contributed by atoms with E-state index in [0.717, 1.165) is 6.42 Å². The number of carbonyl (C=O) groups is 2. The van der Waals surface area contributed by atoms with Crippen molar-refractivity contribution < 1.29 is 29.3 Å². The van der Waals surface area contributed by atoms with Crippen LogP contribution in [-0.4, -0.2) is 64.7 Å². The Morgan fingerprint density at radius 2 is 1.55 bits per heavy atom. The Hall–Kier alpha value is -3.10. The molecule has 0 aromatic heterocycles. The highest BCUT2D eigenvalue weighted by molar-refractivity contribution is 5.96. The number of ether oxygens (including phenoxy) is 2. The number of nitrogens with zero attached hydrogens (tertiary/aromatic N) is 1. The monoisotopic (exact) mass is 522 g/mol. The van der Waals surface area contributed by atoms with Gasteiger partial charge in [-0.15, -0.1) is 0 Å². The first-order valence-corrected chi connectivity index (χ1v) is 13.9. The van der Waals surface area contributed by atoms with Crippen LogP contribution < -0.4 is 14.8 Å². The maximum atomic E-state index is 12.9. The molecule has 2 unspecified atom stereocenters. The minimum atomic E-state index is -0.863. The lowest BCUT2D eigenvalue weighted by Gasteiger charge is -2.32. The highest BCUT2D eigenvalue weighted by Gasteiger charge is 2.41. The molecule has 3 aliphatic heterocycles. The van der Waals surface area contributed by atoms with Crippen molar-refractivity contribution >= 4 is 11.7 Å². The number of carbonyl (C=O) groups excluding carboxylic acids is 2. The number of ketones is 1. The number of amides is 1. The van der Waals surface area contributed by atoms with Crippen molar-refractivity contribution in [2.24, 2.45) is 0 Å². The molecule has 0 radical (unpaired) electrons. The molecule has 2 atom stereocenters. The molecule has 38 heavy (non-hydrogen) atoms. The molecule has 2 bridgehead atoms. The van der Waals surface area contributed by atoms with Gasteiger partial charge in [0.2, 0.25) is 5.91 Å². The second kappa shape index (κ2) is 12.2. The smallest absolute Gasteiger partial charge is 0.220 e. The molecule has 0 aliphatic carbocycles. The zero-order valence-corrected chi connectivity index (χ0v) is 21.8. The predicted molar refractivity (Wildman–Crippen MR) is 143 cm³/mol. The van der Waals surface area contributed by atoms with Gasteiger partial charge in [-0.1, -0.05) is 12.5 Å². The van der Waals surface area contributed by atoms with Gasteiger partial charge in [0, 0.05) is 37.0 Å². The van der Waals surface area contributed by atoms with Gasteiger partial charge in [0.1, 0.15) is 25.1 Å². The number of aliphatic hydroxyl groups is 1. The van der Waals surface area contributed by atoms with Crippen LogP contribution in [0.15, 0.2) is 42.5 Å². The highest BCUT2D eigenvalue weighted by atomic mass is 16.6. The van der Waals surface area contributed by atoms with Crippen LogP contribution in [0.3, 0.4) is 0 Å². The van der Waals surface area contributed by atoms with E-state index in [4.69, 9.17) is 9.47 Å². The molecule has 3 aliphatic rings. The van der Waals surface area contributed by atoms with E-state index in [1.807, 2.05) is 18.2 Å². The fraction of sp³-hybridized carbons (Fsp3) is 0.533. The number of nitrogens with one attached hydrogen (secondary N) is 1. The van der Waals surface area contributed by atoms with Crippen molar-refractivity contribution in [2.75, 3.05) is 19.8 Å². The average molecular weight is 523 g/mol. The third-order valence-electron chi connectivity index (χ3n) is 8.14. The molecule has 3 heterocycles. The summed E-state index contributed by atoms with van der Waals surface area (Å²) in [6.45, 7) is 1.61. The number of hydrogen-bond donors (Lipinski definition) is 3. The van der Waals surface area contributed by atoms with E-state index in [1.165, 1.54) is 37.8 Å². The van der Waals surface area contributed by atoms with E-state index in [2.05, 4.69) is 10.2 Å². The van der Waals surface area contributed by atoms with E-state index in [1.54, 1.807) is 12.1 Å². The van der Waals surface area contributed by atoms with Crippen LogP contribution in [0.4, 0.5) is 0 Å². The minimum Gasteiger partial charge on any atom is -0.508 e. The lowest BCUT2D eigenvalue weighted by Crippen LogP contribution is -2.48. The summed E-state index contributed by atoms with van der Waals surface area (Å²) in [6, 6.07) is 12.4. The molecular weight excluding hydrogens is 484 g/mol. The van der Waals surface area contributed by atoms with Crippen LogP contribution in [0, 0.1) is 0 Å². The van der Waals surface area contributed by atoms with Crippen molar-refractivity contribution in [1.29, 1.82) is 0 Å². The van der Waals surface area contributed by atoms with Gasteiger partial charge in [-0.2, -0.15) is 0 Å². The number of unbranched alkanes of at least 4 members (excludes halogenated alkanes) is 2. The molecule has 2 saturated heterocycles. The maximum Gasteiger partial charge on any atom is 0.220 e. The van der Waals surface area contributed by atoms with Crippen LogP contribution in [-0.2, 0) is 4.79 Å². The normalized spacial score (nSPS) is 21.7. The molecule has 2 aromatic carbocycles. The van der Waals surface area contributed by atoms with E-state index in [0.29, 0.717) is 80.2 Å². The standard InChI is InChI=1S/C30H38N2O6/c33-24-13-6-20(7-14-24)26(34)4-2-1-3-5-29(35)31-25(19-32-22-9-10-23(32)12-11-22)30(36)21-8-15-27-28(18-21)38-17-16-37-27/h6-8,13-15,18,22-23,25,30,33,36H,1-5,9-12,16-17,19H2,(H,31,35). The Labute approximate surface area is 223 Å². The number of Topliss-reactive ketones (excluding diaryl/α,β-unsaturated/α-hetero) is 1. The number of hydrogen-bond acceptors (Lipinski definition) is 7. The van der Waals surface area contributed by atoms with Crippen LogP contribution in [0.25, 0.3) is 0 Å². The van der Waals surface area contributed by atoms with E-state index in [9.17, 15) is 19.8 Å². The van der Waals surface area contributed by atoms with Crippen molar-refractivity contribution in [2.45, 2.75) is 82.0 Å². The molecule has 0 saturated carbocycles. The second-order valence-corrected chi connectivity index (χ2v) is 10.7. The van der Waals surface area contributed by atoms with Gasteiger partial charge in [-0.05, 0) is 80.5 Å². The van der Waals surface area contributed by atoms with Crippen LogP contribution in [0.5, 0.6) is 17.2 Å². The quantitative estimate of drug-likeness (QED) is 0.284. The Bertz CT molecular complexity index is 1100. The molecule has 5 rings (SSSR count). The maximum absolute atomic E-state index is 12.9. The van der Waals surface area contributed by atoms with Gasteiger partial charge in [-0.25, -0.2) is 0 Å². The van der Waals surface area contributed by atoms with Gasteiger partial charge >= 0.3 is 0 Å². The molecule has 3 N–H and O–H groups in total. The number of phenolic OH excluding ortho intramolecular Hbond substituents is 1. The van der Waals surface area contributed by atoms with E-state index < -0.39 is 12.1 Å². The predicted octanol–water partition coefficient (Wildman–Crippen LogP) is 4.14. The van der Waals surface area contributed by atoms with Crippen molar-refractivity contribution in [1.82, 2.24) is 10.2 Å². The number of aliphatic hydroxyl groups excluding tert-OH is 1. The summed E-state index contributed by atoms with van der Waals surface area (Å²) >= 11 is 0. The number of phenols is 1. The third kappa shape index (κ3) is 6.30. The van der Waals surface area contributed by atoms with Gasteiger partial charge in [-0.3, -0.25) is 14.5 Å². The zero-order chi connectivity index (χ0) is 26.5. The van der Waals surface area contributed by atoms with E-state index in [-0.39, 0.29) is 17.4 Å².